The van der Waals surface area contributed by atoms with E-state index in [1.165, 1.54) is 6.33 Å². The molecule has 0 aliphatic carbocycles. The molecule has 0 aromatic carbocycles. The summed E-state index contributed by atoms with van der Waals surface area (Å²) in [7, 11) is 0. The Hall–Kier alpha value is -1.36. The van der Waals surface area contributed by atoms with Gasteiger partial charge in [-0.05, 0) is 13.3 Å². The summed E-state index contributed by atoms with van der Waals surface area (Å²) in [4.78, 5) is 8.32. The summed E-state index contributed by atoms with van der Waals surface area (Å²) in [6.45, 7) is 4.69. The molecule has 2 aromatic heterocycles. The lowest BCUT2D eigenvalue weighted by molar-refractivity contribution is 0.827. The number of fused-ring (bicyclic) bond motifs is 1. The molecule has 6 heteroatoms. The highest BCUT2D eigenvalue weighted by molar-refractivity contribution is 6.20. The standard InChI is InChI=1S/C10H14ClN5/c1-3-8(11)5-12-9-4-7(2)15-10-13-6-14-16(9)10/h4,6,8,12H,3,5H2,1-2H3. The van der Waals surface area contributed by atoms with Crippen LogP contribution in [0.5, 0.6) is 0 Å². The Morgan fingerprint density at radius 3 is 3.12 bits per heavy atom. The Balaban J connectivity index is 2.25. The number of anilines is 1. The average molecular weight is 240 g/mol. The molecule has 0 amide bonds. The smallest absolute Gasteiger partial charge is 0.254 e. The van der Waals surface area contributed by atoms with Crippen LogP contribution in [0.15, 0.2) is 12.4 Å². The lowest BCUT2D eigenvalue weighted by Crippen LogP contribution is -2.15. The van der Waals surface area contributed by atoms with Crippen LogP contribution in [0.1, 0.15) is 19.0 Å². The number of aromatic nitrogens is 4. The molecule has 0 aliphatic heterocycles. The molecule has 1 atom stereocenters. The van der Waals surface area contributed by atoms with Crippen LogP contribution in [0.3, 0.4) is 0 Å². The predicted octanol–water partition coefficient (Wildman–Crippen LogP) is 1.86. The summed E-state index contributed by atoms with van der Waals surface area (Å²) in [6, 6.07) is 1.93. The monoisotopic (exact) mass is 239 g/mol. The second kappa shape index (κ2) is 4.65. The Labute approximate surface area is 98.9 Å². The fourth-order valence-electron chi connectivity index (χ4n) is 1.42. The van der Waals surface area contributed by atoms with Crippen molar-refractivity contribution in [2.24, 2.45) is 0 Å². The lowest BCUT2D eigenvalue weighted by atomic mass is 10.3. The molecule has 2 heterocycles. The zero-order valence-corrected chi connectivity index (χ0v) is 10.1. The van der Waals surface area contributed by atoms with Crippen molar-refractivity contribution in [3.05, 3.63) is 18.1 Å². The molecule has 16 heavy (non-hydrogen) atoms. The normalized spacial score (nSPS) is 12.9. The molecule has 86 valence electrons. The van der Waals surface area contributed by atoms with Gasteiger partial charge in [-0.1, -0.05) is 6.92 Å². The van der Waals surface area contributed by atoms with Crippen LogP contribution in [0, 0.1) is 6.92 Å². The van der Waals surface area contributed by atoms with E-state index in [0.717, 1.165) is 17.9 Å². The van der Waals surface area contributed by atoms with Gasteiger partial charge in [-0.25, -0.2) is 4.98 Å². The van der Waals surface area contributed by atoms with Gasteiger partial charge in [-0.3, -0.25) is 0 Å². The van der Waals surface area contributed by atoms with Crippen molar-refractivity contribution < 1.29 is 0 Å². The predicted molar refractivity (Wildman–Crippen MR) is 63.9 cm³/mol. The molecule has 1 N–H and O–H groups in total. The van der Waals surface area contributed by atoms with Crippen molar-refractivity contribution in [1.29, 1.82) is 0 Å². The minimum Gasteiger partial charge on any atom is -0.368 e. The van der Waals surface area contributed by atoms with Crippen LogP contribution in [0.25, 0.3) is 5.78 Å². The fraction of sp³-hybridized carbons (Fsp3) is 0.500. The first-order valence-electron chi connectivity index (χ1n) is 5.26. The van der Waals surface area contributed by atoms with Gasteiger partial charge < -0.3 is 5.32 Å². The van der Waals surface area contributed by atoms with E-state index in [9.17, 15) is 0 Å². The summed E-state index contributed by atoms with van der Waals surface area (Å²) in [6.07, 6.45) is 2.42. The van der Waals surface area contributed by atoms with Gasteiger partial charge in [0.05, 0.1) is 5.38 Å². The Kier molecular flexibility index (Phi) is 3.24. The molecule has 2 aromatic rings. The Bertz CT molecular complexity index is 481. The summed E-state index contributed by atoms with van der Waals surface area (Å²) < 4.78 is 1.67. The van der Waals surface area contributed by atoms with Crippen LogP contribution in [0.2, 0.25) is 0 Å². The number of halogens is 1. The zero-order valence-electron chi connectivity index (χ0n) is 9.31. The number of aryl methyl sites for hydroxylation is 1. The zero-order chi connectivity index (χ0) is 11.5. The number of rotatable bonds is 4. The largest absolute Gasteiger partial charge is 0.368 e. The van der Waals surface area contributed by atoms with Gasteiger partial charge in [0.15, 0.2) is 0 Å². The molecule has 0 saturated carbocycles. The lowest BCUT2D eigenvalue weighted by Gasteiger charge is -2.11. The number of alkyl halides is 1. The fourth-order valence-corrected chi connectivity index (χ4v) is 1.49. The second-order valence-corrected chi connectivity index (χ2v) is 4.26. The summed E-state index contributed by atoms with van der Waals surface area (Å²) >= 11 is 6.06. The van der Waals surface area contributed by atoms with E-state index >= 15 is 0 Å². The Morgan fingerprint density at radius 2 is 2.38 bits per heavy atom. The highest BCUT2D eigenvalue weighted by Gasteiger charge is 2.06. The van der Waals surface area contributed by atoms with Crippen LogP contribution in [-0.4, -0.2) is 31.5 Å². The first-order chi connectivity index (χ1) is 7.70. The van der Waals surface area contributed by atoms with Gasteiger partial charge >= 0.3 is 0 Å². The van der Waals surface area contributed by atoms with Gasteiger partial charge in [0, 0.05) is 18.3 Å². The maximum Gasteiger partial charge on any atom is 0.254 e. The molecule has 1 unspecified atom stereocenters. The van der Waals surface area contributed by atoms with Gasteiger partial charge in [0.1, 0.15) is 12.1 Å². The summed E-state index contributed by atoms with van der Waals surface area (Å²) in [5.74, 6) is 1.48. The second-order valence-electron chi connectivity index (χ2n) is 3.64. The molecule has 0 aliphatic rings. The molecule has 0 radical (unpaired) electrons. The topological polar surface area (TPSA) is 55.1 Å². The highest BCUT2D eigenvalue weighted by atomic mass is 35.5. The van der Waals surface area contributed by atoms with Crippen molar-refractivity contribution >= 4 is 23.2 Å². The average Bonchev–Trinajstić information content (AvgIpc) is 2.73. The molecule has 5 nitrogen and oxygen atoms in total. The van der Waals surface area contributed by atoms with Crippen molar-refractivity contribution in [3.63, 3.8) is 0 Å². The number of hydrogen-bond donors (Lipinski definition) is 1. The molecule has 0 spiro atoms. The van der Waals surface area contributed by atoms with Gasteiger partial charge in [-0.2, -0.15) is 14.6 Å². The van der Waals surface area contributed by atoms with E-state index in [-0.39, 0.29) is 5.38 Å². The van der Waals surface area contributed by atoms with Gasteiger partial charge in [-0.15, -0.1) is 11.6 Å². The third-order valence-corrected chi connectivity index (χ3v) is 2.79. The number of hydrogen-bond acceptors (Lipinski definition) is 4. The highest BCUT2D eigenvalue weighted by Crippen LogP contribution is 2.11. The quantitative estimate of drug-likeness (QED) is 0.828. The van der Waals surface area contributed by atoms with Crippen LogP contribution < -0.4 is 5.32 Å². The maximum absolute atomic E-state index is 6.06. The van der Waals surface area contributed by atoms with E-state index in [2.05, 4.69) is 27.3 Å². The van der Waals surface area contributed by atoms with Crippen LogP contribution >= 0.6 is 11.6 Å². The van der Waals surface area contributed by atoms with E-state index in [0.29, 0.717) is 12.3 Å². The minimum absolute atomic E-state index is 0.118. The van der Waals surface area contributed by atoms with E-state index < -0.39 is 0 Å². The summed E-state index contributed by atoms with van der Waals surface area (Å²) in [5, 5.41) is 7.47. The molecule has 2 rings (SSSR count). The SMILES string of the molecule is CCC(Cl)CNc1cc(C)nc2ncnn12. The van der Waals surface area contributed by atoms with Crippen molar-refractivity contribution in [3.8, 4) is 0 Å². The van der Waals surface area contributed by atoms with E-state index in [4.69, 9.17) is 11.6 Å². The molecule has 0 saturated heterocycles. The molecule has 0 bridgehead atoms. The first-order valence-corrected chi connectivity index (χ1v) is 5.69. The number of nitrogens with zero attached hydrogens (tertiary/aromatic N) is 4. The minimum atomic E-state index is 0.118. The third-order valence-electron chi connectivity index (χ3n) is 2.33. The maximum atomic E-state index is 6.06. The molecule has 0 fully saturated rings. The van der Waals surface area contributed by atoms with Crippen LogP contribution in [0.4, 0.5) is 5.82 Å². The van der Waals surface area contributed by atoms with E-state index in [1.807, 2.05) is 13.0 Å². The van der Waals surface area contributed by atoms with Crippen LogP contribution in [-0.2, 0) is 0 Å². The summed E-state index contributed by atoms with van der Waals surface area (Å²) in [5.41, 5.74) is 0.908. The molecular weight excluding hydrogens is 226 g/mol. The molecular formula is C10H14ClN5. The number of nitrogens with one attached hydrogen (secondary N) is 1. The van der Waals surface area contributed by atoms with Crippen molar-refractivity contribution in [2.45, 2.75) is 25.6 Å². The first kappa shape index (κ1) is 11.1. The van der Waals surface area contributed by atoms with Gasteiger partial charge in [0.25, 0.3) is 5.78 Å². The Morgan fingerprint density at radius 1 is 1.56 bits per heavy atom. The van der Waals surface area contributed by atoms with Crippen molar-refractivity contribution in [2.75, 3.05) is 11.9 Å². The van der Waals surface area contributed by atoms with Crippen molar-refractivity contribution in [1.82, 2.24) is 19.6 Å². The van der Waals surface area contributed by atoms with E-state index in [1.54, 1.807) is 4.52 Å². The van der Waals surface area contributed by atoms with Gasteiger partial charge in [0.2, 0.25) is 0 Å². The third kappa shape index (κ3) is 2.24.